The van der Waals surface area contributed by atoms with Gasteiger partial charge in [0.25, 0.3) is 0 Å². The number of benzene rings is 1. The third-order valence-corrected chi connectivity index (χ3v) is 7.00. The van der Waals surface area contributed by atoms with E-state index in [1.165, 1.54) is 6.21 Å². The lowest BCUT2D eigenvalue weighted by molar-refractivity contribution is 0.0975. The molecule has 2 aliphatic heterocycles. The van der Waals surface area contributed by atoms with Crippen LogP contribution in [0.1, 0.15) is 43.1 Å². The average molecular weight is 472 g/mol. The molecule has 0 aliphatic carbocycles. The molecule has 9 nitrogen and oxygen atoms in total. The average Bonchev–Trinajstić information content (AvgIpc) is 3.20. The smallest absolute Gasteiger partial charge is 0.158 e. The van der Waals surface area contributed by atoms with Gasteiger partial charge in [-0.25, -0.2) is 9.97 Å². The van der Waals surface area contributed by atoms with Gasteiger partial charge in [-0.1, -0.05) is 11.6 Å². The van der Waals surface area contributed by atoms with Gasteiger partial charge in [0.15, 0.2) is 11.6 Å². The molecule has 2 aromatic rings. The van der Waals surface area contributed by atoms with Gasteiger partial charge in [-0.3, -0.25) is 0 Å². The predicted octanol–water partition coefficient (Wildman–Crippen LogP) is 3.80. The third kappa shape index (κ3) is 4.53. The summed E-state index contributed by atoms with van der Waals surface area (Å²) in [6, 6.07) is 3.52. The van der Waals surface area contributed by atoms with Crippen LogP contribution in [0.5, 0.6) is 0 Å². The summed E-state index contributed by atoms with van der Waals surface area (Å²) in [4.78, 5) is 11.4. The first-order valence-corrected chi connectivity index (χ1v) is 11.5. The summed E-state index contributed by atoms with van der Waals surface area (Å²) in [7, 11) is 1.74. The lowest BCUT2D eigenvalue weighted by atomic mass is 9.77. The molecule has 1 spiro atoms. The molecule has 0 bridgehead atoms. The molecule has 1 aromatic carbocycles. The third-order valence-electron chi connectivity index (χ3n) is 6.61. The predicted molar refractivity (Wildman–Crippen MR) is 132 cm³/mol. The molecule has 10 heteroatoms. The number of piperidine rings is 1. The molecule has 1 aromatic heterocycles. The highest BCUT2D eigenvalue weighted by Gasteiger charge is 2.41. The quantitative estimate of drug-likeness (QED) is 0.388. The number of aromatic nitrogens is 2. The number of aliphatic hydroxyl groups excluding tert-OH is 1. The Morgan fingerprint density at radius 1 is 1.27 bits per heavy atom. The van der Waals surface area contributed by atoms with Crippen molar-refractivity contribution >= 4 is 47.0 Å². The monoisotopic (exact) mass is 471 g/mol. The second-order valence-electron chi connectivity index (χ2n) is 8.75. The van der Waals surface area contributed by atoms with Crippen LogP contribution in [0.15, 0.2) is 12.1 Å². The minimum atomic E-state index is -0.265. The van der Waals surface area contributed by atoms with Gasteiger partial charge in [0.1, 0.15) is 11.4 Å². The highest BCUT2D eigenvalue weighted by molar-refractivity contribution is 6.36. The van der Waals surface area contributed by atoms with E-state index in [2.05, 4.69) is 32.4 Å². The maximum absolute atomic E-state index is 10.1. The summed E-state index contributed by atoms with van der Waals surface area (Å²) in [6.45, 7) is 4.29. The minimum Gasteiger partial charge on any atom is -0.390 e. The van der Waals surface area contributed by atoms with Crippen molar-refractivity contribution in [1.82, 2.24) is 9.97 Å². The van der Waals surface area contributed by atoms with Gasteiger partial charge in [0, 0.05) is 38.1 Å². The fraction of sp³-hybridized carbons (Fsp3) is 0.478. The van der Waals surface area contributed by atoms with Crippen LogP contribution in [-0.4, -0.2) is 60.4 Å². The summed E-state index contributed by atoms with van der Waals surface area (Å²) in [5, 5.41) is 32.1. The van der Waals surface area contributed by atoms with E-state index in [9.17, 15) is 5.11 Å². The van der Waals surface area contributed by atoms with Crippen molar-refractivity contribution < 1.29 is 9.84 Å². The molecule has 33 heavy (non-hydrogen) atoms. The van der Waals surface area contributed by atoms with Crippen molar-refractivity contribution in [2.75, 3.05) is 42.3 Å². The molecule has 0 amide bonds. The summed E-state index contributed by atoms with van der Waals surface area (Å²) < 4.78 is 5.83. The van der Waals surface area contributed by atoms with Crippen LogP contribution in [0.3, 0.4) is 0 Å². The molecule has 3 heterocycles. The van der Waals surface area contributed by atoms with E-state index in [-0.39, 0.29) is 12.0 Å². The zero-order valence-electron chi connectivity index (χ0n) is 18.9. The number of anilines is 4. The molecule has 2 aliphatic rings. The van der Waals surface area contributed by atoms with Crippen LogP contribution in [-0.2, 0) is 11.3 Å². The minimum absolute atomic E-state index is 0.235. The Morgan fingerprint density at radius 2 is 2.03 bits per heavy atom. The Morgan fingerprint density at radius 3 is 2.61 bits per heavy atom. The number of rotatable bonds is 7. The summed E-state index contributed by atoms with van der Waals surface area (Å²) in [5.74, 6) is 0.959. The summed E-state index contributed by atoms with van der Waals surface area (Å²) in [6.07, 6.45) is 5.78. The second kappa shape index (κ2) is 9.62. The Kier molecular flexibility index (Phi) is 6.83. The SMILES string of the molecule is CNc1c(C=N)ccc(Nc2nc(CO)c(N3CCC4(CC3)CO[C@@H](C)C4)nc2C=N)c1Cl. The Bertz CT molecular complexity index is 1050. The van der Waals surface area contributed by atoms with E-state index in [1.807, 2.05) is 0 Å². The van der Waals surface area contributed by atoms with Crippen molar-refractivity contribution in [1.29, 1.82) is 10.8 Å². The summed E-state index contributed by atoms with van der Waals surface area (Å²) >= 11 is 6.53. The van der Waals surface area contributed by atoms with Crippen LogP contribution in [0.25, 0.3) is 0 Å². The first kappa shape index (κ1) is 23.4. The molecule has 5 N–H and O–H groups in total. The van der Waals surface area contributed by atoms with E-state index in [0.717, 1.165) is 45.2 Å². The fourth-order valence-corrected chi connectivity index (χ4v) is 5.12. The van der Waals surface area contributed by atoms with Crippen LogP contribution < -0.4 is 15.5 Å². The van der Waals surface area contributed by atoms with Crippen molar-refractivity contribution in [3.05, 3.63) is 34.1 Å². The first-order valence-electron chi connectivity index (χ1n) is 11.1. The van der Waals surface area contributed by atoms with Crippen molar-refractivity contribution in [3.8, 4) is 0 Å². The number of nitrogens with one attached hydrogen (secondary N) is 4. The topological polar surface area (TPSA) is 130 Å². The van der Waals surface area contributed by atoms with Gasteiger partial charge < -0.3 is 36.2 Å². The van der Waals surface area contributed by atoms with Gasteiger partial charge in [-0.2, -0.15) is 0 Å². The first-order chi connectivity index (χ1) is 15.9. The number of hydrogen-bond donors (Lipinski definition) is 5. The number of aliphatic hydroxyl groups is 1. The molecule has 2 saturated heterocycles. The molecule has 4 rings (SSSR count). The van der Waals surface area contributed by atoms with Crippen molar-refractivity contribution in [2.45, 2.75) is 38.9 Å². The second-order valence-corrected chi connectivity index (χ2v) is 9.13. The van der Waals surface area contributed by atoms with E-state index in [0.29, 0.717) is 51.1 Å². The zero-order chi connectivity index (χ0) is 23.6. The van der Waals surface area contributed by atoms with E-state index in [1.54, 1.807) is 19.2 Å². The molecule has 0 saturated carbocycles. The van der Waals surface area contributed by atoms with Gasteiger partial charge in [-0.15, -0.1) is 0 Å². The van der Waals surface area contributed by atoms with Crippen LogP contribution >= 0.6 is 11.6 Å². The lowest BCUT2D eigenvalue weighted by Gasteiger charge is -2.39. The molecule has 1 atom stereocenters. The standard InChI is InChI=1S/C23H30ClN7O2/c1-14-9-23(13-33-14)5-7-31(8-6-23)22-18(12-32)29-21(17(11-26)30-22)28-16-4-3-15(10-25)20(27-2)19(16)24/h3-4,10-11,14,25-27,32H,5-9,12-13H2,1-2H3,(H,28,29)/t14-/m0/s1. The highest BCUT2D eigenvalue weighted by Crippen LogP contribution is 2.43. The van der Waals surface area contributed by atoms with Crippen molar-refractivity contribution in [2.24, 2.45) is 5.41 Å². The molecular formula is C23H30ClN7O2. The maximum Gasteiger partial charge on any atom is 0.158 e. The number of halogens is 1. The Hall–Kier alpha value is -2.75. The molecular weight excluding hydrogens is 442 g/mol. The van der Waals surface area contributed by atoms with Crippen LogP contribution in [0.4, 0.5) is 23.0 Å². The van der Waals surface area contributed by atoms with Gasteiger partial charge >= 0.3 is 0 Å². The van der Waals surface area contributed by atoms with Crippen LogP contribution in [0, 0.1) is 16.2 Å². The van der Waals surface area contributed by atoms with Gasteiger partial charge in [-0.05, 0) is 43.7 Å². The van der Waals surface area contributed by atoms with Crippen molar-refractivity contribution in [3.63, 3.8) is 0 Å². The maximum atomic E-state index is 10.1. The number of ether oxygens (including phenoxy) is 1. The van der Waals surface area contributed by atoms with Crippen LogP contribution in [0.2, 0.25) is 5.02 Å². The molecule has 176 valence electrons. The molecule has 0 radical (unpaired) electrons. The Balaban J connectivity index is 1.61. The zero-order valence-corrected chi connectivity index (χ0v) is 19.7. The van der Waals surface area contributed by atoms with E-state index < -0.39 is 0 Å². The Labute approximate surface area is 198 Å². The van der Waals surface area contributed by atoms with Gasteiger partial charge in [0.05, 0.1) is 35.7 Å². The normalized spacial score (nSPS) is 19.5. The lowest BCUT2D eigenvalue weighted by Crippen LogP contribution is -2.41. The van der Waals surface area contributed by atoms with Gasteiger partial charge in [0.2, 0.25) is 0 Å². The number of nitrogens with zero attached hydrogens (tertiary/aromatic N) is 3. The number of hydrogen-bond acceptors (Lipinski definition) is 9. The molecule has 2 fully saturated rings. The molecule has 0 unspecified atom stereocenters. The fourth-order valence-electron chi connectivity index (χ4n) is 4.80. The largest absolute Gasteiger partial charge is 0.390 e. The summed E-state index contributed by atoms with van der Waals surface area (Å²) in [5.41, 5.74) is 2.89. The van der Waals surface area contributed by atoms with E-state index in [4.69, 9.17) is 27.2 Å². The highest BCUT2D eigenvalue weighted by atomic mass is 35.5. The van der Waals surface area contributed by atoms with E-state index >= 15 is 0 Å².